The predicted octanol–water partition coefficient (Wildman–Crippen LogP) is 4.72. The Labute approximate surface area is 153 Å². The van der Waals surface area contributed by atoms with Crippen LogP contribution < -0.4 is 10.1 Å². The molecule has 1 aliphatic carbocycles. The highest BCUT2D eigenvalue weighted by Gasteiger charge is 2.18. The topological polar surface area (TPSA) is 51.2 Å². The van der Waals surface area contributed by atoms with E-state index < -0.39 is 5.82 Å². The van der Waals surface area contributed by atoms with Crippen LogP contribution in [0.3, 0.4) is 0 Å². The molecule has 0 spiro atoms. The number of hydrogen-bond acceptors (Lipinski definition) is 3. The number of benzene rings is 1. The number of nitrogens with zero attached hydrogens (tertiary/aromatic N) is 1. The fourth-order valence-corrected chi connectivity index (χ4v) is 3.06. The van der Waals surface area contributed by atoms with Gasteiger partial charge in [0.05, 0.1) is 6.20 Å². The molecule has 0 bridgehead atoms. The molecule has 0 saturated heterocycles. The molecular weight excluding hydrogens is 331 g/mol. The van der Waals surface area contributed by atoms with Gasteiger partial charge >= 0.3 is 0 Å². The van der Waals surface area contributed by atoms with E-state index in [-0.39, 0.29) is 17.7 Å². The second-order valence-corrected chi connectivity index (χ2v) is 6.78. The van der Waals surface area contributed by atoms with Crippen LogP contribution in [-0.4, -0.2) is 16.9 Å². The fraction of sp³-hybridized carbons (Fsp3) is 0.333. The van der Waals surface area contributed by atoms with Crippen molar-refractivity contribution in [2.45, 2.75) is 38.6 Å². The summed E-state index contributed by atoms with van der Waals surface area (Å²) in [5.74, 6) is 0.708. The van der Waals surface area contributed by atoms with Gasteiger partial charge in [-0.2, -0.15) is 0 Å². The number of nitrogens with one attached hydrogen (secondary N) is 1. The normalized spacial score (nSPS) is 20.1. The van der Waals surface area contributed by atoms with Crippen molar-refractivity contribution in [1.82, 2.24) is 10.3 Å². The molecule has 26 heavy (non-hydrogen) atoms. The summed E-state index contributed by atoms with van der Waals surface area (Å²) in [7, 11) is 0. The first kappa shape index (κ1) is 18.1. The molecule has 1 aromatic heterocycles. The first-order valence-corrected chi connectivity index (χ1v) is 8.96. The molecule has 1 saturated carbocycles. The zero-order valence-corrected chi connectivity index (χ0v) is 14.8. The molecule has 3 rings (SSSR count). The lowest BCUT2D eigenvalue weighted by molar-refractivity contribution is -0.117. The summed E-state index contributed by atoms with van der Waals surface area (Å²) >= 11 is 0. The van der Waals surface area contributed by atoms with Gasteiger partial charge in [-0.15, -0.1) is 0 Å². The maximum Gasteiger partial charge on any atom is 0.244 e. The van der Waals surface area contributed by atoms with Gasteiger partial charge in [-0.05, 0) is 67.5 Å². The lowest BCUT2D eigenvalue weighted by Crippen LogP contribution is -2.36. The molecule has 0 atom stereocenters. The molecule has 1 aromatic carbocycles. The van der Waals surface area contributed by atoms with E-state index in [4.69, 9.17) is 4.74 Å². The van der Waals surface area contributed by atoms with E-state index in [2.05, 4.69) is 17.2 Å². The molecule has 5 heteroatoms. The van der Waals surface area contributed by atoms with Crippen LogP contribution in [0.25, 0.3) is 6.08 Å². The van der Waals surface area contributed by atoms with Crippen LogP contribution in [-0.2, 0) is 4.79 Å². The number of rotatable bonds is 5. The molecule has 4 nitrogen and oxygen atoms in total. The monoisotopic (exact) mass is 354 g/mol. The Morgan fingerprint density at radius 3 is 2.77 bits per heavy atom. The summed E-state index contributed by atoms with van der Waals surface area (Å²) < 4.78 is 19.6. The second kappa shape index (κ2) is 8.61. The smallest absolute Gasteiger partial charge is 0.244 e. The van der Waals surface area contributed by atoms with Crippen molar-refractivity contribution >= 4 is 12.0 Å². The van der Waals surface area contributed by atoms with E-state index >= 15 is 0 Å². The fourth-order valence-electron chi connectivity index (χ4n) is 3.06. The van der Waals surface area contributed by atoms with Crippen molar-refractivity contribution in [2.24, 2.45) is 5.92 Å². The van der Waals surface area contributed by atoms with E-state index in [1.165, 1.54) is 18.3 Å². The van der Waals surface area contributed by atoms with Gasteiger partial charge in [0.15, 0.2) is 11.6 Å². The molecule has 0 aliphatic heterocycles. The number of amides is 1. The zero-order chi connectivity index (χ0) is 18.4. The van der Waals surface area contributed by atoms with Gasteiger partial charge in [0, 0.05) is 18.3 Å². The average Bonchev–Trinajstić information content (AvgIpc) is 2.65. The van der Waals surface area contributed by atoms with Crippen molar-refractivity contribution in [1.29, 1.82) is 0 Å². The molecule has 1 heterocycles. The van der Waals surface area contributed by atoms with Crippen LogP contribution in [0.2, 0.25) is 0 Å². The van der Waals surface area contributed by atoms with Gasteiger partial charge in [0.2, 0.25) is 5.91 Å². The summed E-state index contributed by atoms with van der Waals surface area (Å²) in [4.78, 5) is 16.0. The highest BCUT2D eigenvalue weighted by Crippen LogP contribution is 2.25. The number of carbonyl (C=O) groups excluding carboxylic acids is 1. The third-order valence-corrected chi connectivity index (χ3v) is 4.61. The van der Waals surface area contributed by atoms with Crippen molar-refractivity contribution < 1.29 is 13.9 Å². The standard InChI is InChI=1S/C21H23FN2O2/c1-15-4-8-17(9-5-15)24-21(25)11-7-16-6-10-20(19(22)13-16)26-18-3-2-12-23-14-18/h2-3,6-7,10-15,17H,4-5,8-9H2,1H3,(H,24,25)/b11-7+. The van der Waals surface area contributed by atoms with E-state index in [1.54, 1.807) is 36.5 Å². The van der Waals surface area contributed by atoms with Crippen LogP contribution in [0.5, 0.6) is 11.5 Å². The molecule has 0 radical (unpaired) electrons. The van der Waals surface area contributed by atoms with Crippen LogP contribution in [0, 0.1) is 11.7 Å². The number of pyridine rings is 1. The van der Waals surface area contributed by atoms with Crippen molar-refractivity contribution in [3.63, 3.8) is 0 Å². The largest absolute Gasteiger partial charge is 0.453 e. The molecule has 2 aromatic rings. The number of ether oxygens (including phenoxy) is 1. The lowest BCUT2D eigenvalue weighted by atomic mass is 9.87. The third kappa shape index (κ3) is 5.15. The minimum Gasteiger partial charge on any atom is -0.453 e. The van der Waals surface area contributed by atoms with E-state index in [0.29, 0.717) is 11.3 Å². The van der Waals surface area contributed by atoms with Crippen LogP contribution in [0.4, 0.5) is 4.39 Å². The Balaban J connectivity index is 1.56. The van der Waals surface area contributed by atoms with Gasteiger partial charge < -0.3 is 10.1 Å². The minimum atomic E-state index is -0.488. The Kier molecular flexibility index (Phi) is 6.00. The number of carbonyl (C=O) groups is 1. The minimum absolute atomic E-state index is 0.121. The number of aromatic nitrogens is 1. The van der Waals surface area contributed by atoms with E-state index in [0.717, 1.165) is 31.6 Å². The van der Waals surface area contributed by atoms with Crippen molar-refractivity contribution in [3.8, 4) is 11.5 Å². The zero-order valence-electron chi connectivity index (χ0n) is 14.8. The van der Waals surface area contributed by atoms with Gasteiger partial charge in [0.25, 0.3) is 0 Å². The van der Waals surface area contributed by atoms with Crippen LogP contribution >= 0.6 is 0 Å². The van der Waals surface area contributed by atoms with Crippen molar-refractivity contribution in [2.75, 3.05) is 0 Å². The summed E-state index contributed by atoms with van der Waals surface area (Å²) in [5.41, 5.74) is 0.605. The lowest BCUT2D eigenvalue weighted by Gasteiger charge is -2.26. The van der Waals surface area contributed by atoms with Gasteiger partial charge in [-0.3, -0.25) is 9.78 Å². The third-order valence-electron chi connectivity index (χ3n) is 4.61. The second-order valence-electron chi connectivity index (χ2n) is 6.78. The first-order valence-electron chi connectivity index (χ1n) is 8.96. The maximum absolute atomic E-state index is 14.2. The van der Waals surface area contributed by atoms with Gasteiger partial charge in [-0.25, -0.2) is 4.39 Å². The first-order chi connectivity index (χ1) is 12.6. The molecule has 1 N–H and O–H groups in total. The highest BCUT2D eigenvalue weighted by atomic mass is 19.1. The maximum atomic E-state index is 14.2. The van der Waals surface area contributed by atoms with E-state index in [9.17, 15) is 9.18 Å². The molecular formula is C21H23FN2O2. The number of halogens is 1. The highest BCUT2D eigenvalue weighted by molar-refractivity contribution is 5.91. The Hall–Kier alpha value is -2.69. The summed E-state index contributed by atoms with van der Waals surface area (Å²) in [5, 5.41) is 3.02. The Bertz CT molecular complexity index is 769. The Morgan fingerprint density at radius 1 is 1.27 bits per heavy atom. The van der Waals surface area contributed by atoms with E-state index in [1.807, 2.05) is 0 Å². The van der Waals surface area contributed by atoms with Crippen LogP contribution in [0.1, 0.15) is 38.2 Å². The summed E-state index contributed by atoms with van der Waals surface area (Å²) in [6.07, 6.45) is 10.5. The van der Waals surface area contributed by atoms with Crippen LogP contribution in [0.15, 0.2) is 48.8 Å². The summed E-state index contributed by atoms with van der Waals surface area (Å²) in [6, 6.07) is 8.27. The molecule has 1 aliphatic rings. The SMILES string of the molecule is CC1CCC(NC(=O)/C=C/c2ccc(Oc3cccnc3)c(F)c2)CC1. The van der Waals surface area contributed by atoms with Gasteiger partial charge in [0.1, 0.15) is 5.75 Å². The van der Waals surface area contributed by atoms with Crippen molar-refractivity contribution in [3.05, 3.63) is 60.2 Å². The predicted molar refractivity (Wildman–Crippen MR) is 99.3 cm³/mol. The quantitative estimate of drug-likeness (QED) is 0.791. The summed E-state index contributed by atoms with van der Waals surface area (Å²) in [6.45, 7) is 2.24. The molecule has 0 unspecified atom stereocenters. The average molecular weight is 354 g/mol. The van der Waals surface area contributed by atoms with Gasteiger partial charge in [-0.1, -0.05) is 13.0 Å². The number of hydrogen-bond donors (Lipinski definition) is 1. The molecule has 1 fully saturated rings. The molecule has 136 valence electrons. The molecule has 1 amide bonds. The Morgan fingerprint density at radius 2 is 2.08 bits per heavy atom.